The van der Waals surface area contributed by atoms with E-state index >= 15 is 0 Å². The van der Waals surface area contributed by atoms with Gasteiger partial charge < -0.3 is 20.3 Å². The van der Waals surface area contributed by atoms with E-state index in [4.69, 9.17) is 0 Å². The Labute approximate surface area is 206 Å². The maximum Gasteiger partial charge on any atom is 0.312 e. The molecule has 2 aromatic carbocycles. The second-order valence-corrected chi connectivity index (χ2v) is 9.20. The van der Waals surface area contributed by atoms with Gasteiger partial charge in [0.2, 0.25) is 5.91 Å². The van der Waals surface area contributed by atoms with Gasteiger partial charge in [0.1, 0.15) is 0 Å². The van der Waals surface area contributed by atoms with Gasteiger partial charge in [0.05, 0.1) is 16.7 Å². The second kappa shape index (κ2) is 11.0. The molecule has 12 heteroatoms. The molecule has 0 spiro atoms. The van der Waals surface area contributed by atoms with Crippen LogP contribution in [-0.4, -0.2) is 42.4 Å². The number of aromatic nitrogens is 3. The third kappa shape index (κ3) is 6.35. The maximum atomic E-state index is 12.8. The Morgan fingerprint density at radius 3 is 2.60 bits per heavy atom. The van der Waals surface area contributed by atoms with Gasteiger partial charge in [0.25, 0.3) is 5.91 Å². The largest absolute Gasteiger partial charge is 0.502 e. The number of phenolic OH excluding ortho intramolecular Hbond substituents is 1. The van der Waals surface area contributed by atoms with Crippen molar-refractivity contribution in [1.82, 2.24) is 20.1 Å². The minimum Gasteiger partial charge on any atom is -0.502 e. The SMILES string of the molecule is Cc1cccc(C(=O)N[C@@H](c2nnc(SCC(=O)Nc3ccc(O)c([N+](=O)[O-])c3)n2C)C(C)C)c1. The number of amides is 2. The van der Waals surface area contributed by atoms with Crippen LogP contribution in [0.5, 0.6) is 5.75 Å². The number of carbonyl (C=O) groups is 2. The Balaban J connectivity index is 1.67. The number of nitrogens with one attached hydrogen (secondary N) is 2. The minimum absolute atomic E-state index is 0.0252. The summed E-state index contributed by atoms with van der Waals surface area (Å²) in [6, 6.07) is 10.5. The van der Waals surface area contributed by atoms with Crippen LogP contribution in [0.1, 0.15) is 41.6 Å². The first kappa shape index (κ1) is 25.7. The number of hydrogen-bond acceptors (Lipinski definition) is 8. The third-order valence-corrected chi connectivity index (χ3v) is 6.19. The number of carbonyl (C=O) groups excluding carboxylic acids is 2. The Kier molecular flexibility index (Phi) is 8.07. The topological polar surface area (TPSA) is 152 Å². The van der Waals surface area contributed by atoms with Crippen LogP contribution in [0.2, 0.25) is 0 Å². The van der Waals surface area contributed by atoms with Crippen LogP contribution in [-0.2, 0) is 11.8 Å². The molecule has 2 amide bonds. The monoisotopic (exact) mass is 498 g/mol. The van der Waals surface area contributed by atoms with E-state index in [1.54, 1.807) is 17.7 Å². The number of nitro benzene ring substituents is 1. The Hall–Kier alpha value is -3.93. The number of rotatable bonds is 9. The van der Waals surface area contributed by atoms with Gasteiger partial charge in [-0.15, -0.1) is 10.2 Å². The lowest BCUT2D eigenvalue weighted by molar-refractivity contribution is -0.385. The summed E-state index contributed by atoms with van der Waals surface area (Å²) >= 11 is 1.14. The van der Waals surface area contributed by atoms with E-state index in [9.17, 15) is 24.8 Å². The van der Waals surface area contributed by atoms with Gasteiger partial charge in [-0.25, -0.2) is 0 Å². The molecule has 11 nitrogen and oxygen atoms in total. The Bertz CT molecular complexity index is 1260. The molecule has 1 atom stereocenters. The lowest BCUT2D eigenvalue weighted by Gasteiger charge is -2.21. The van der Waals surface area contributed by atoms with E-state index in [0.717, 1.165) is 29.5 Å². The van der Waals surface area contributed by atoms with Crippen LogP contribution in [0.15, 0.2) is 47.6 Å². The van der Waals surface area contributed by atoms with Gasteiger partial charge in [-0.05, 0) is 37.1 Å². The fourth-order valence-electron chi connectivity index (χ4n) is 3.34. The first-order valence-corrected chi connectivity index (χ1v) is 11.7. The molecule has 0 unspecified atom stereocenters. The molecule has 35 heavy (non-hydrogen) atoms. The third-order valence-electron chi connectivity index (χ3n) is 5.17. The van der Waals surface area contributed by atoms with Crippen molar-refractivity contribution in [2.75, 3.05) is 11.1 Å². The van der Waals surface area contributed by atoms with E-state index in [1.165, 1.54) is 6.07 Å². The van der Waals surface area contributed by atoms with E-state index < -0.39 is 28.3 Å². The standard InChI is InChI=1S/C23H26N6O5S/c1-13(2)20(25-22(32)15-7-5-6-14(3)10-15)21-26-27-23(28(21)4)35-12-19(31)24-16-8-9-18(30)17(11-16)29(33)34/h5-11,13,20,30H,12H2,1-4H3,(H,24,31)(H,25,32)/t20-/m1/s1. The van der Waals surface area contributed by atoms with Gasteiger partial charge in [0, 0.05) is 24.4 Å². The molecule has 0 aliphatic heterocycles. The number of aryl methyl sites for hydroxylation is 1. The number of nitrogens with zero attached hydrogens (tertiary/aromatic N) is 4. The summed E-state index contributed by atoms with van der Waals surface area (Å²) in [5.74, 6) is -0.554. The Morgan fingerprint density at radius 1 is 1.20 bits per heavy atom. The highest BCUT2D eigenvalue weighted by Crippen LogP contribution is 2.29. The number of phenols is 1. The van der Waals surface area contributed by atoms with Crippen LogP contribution >= 0.6 is 11.8 Å². The lowest BCUT2D eigenvalue weighted by Crippen LogP contribution is -2.33. The summed E-state index contributed by atoms with van der Waals surface area (Å²) in [4.78, 5) is 35.4. The molecule has 1 heterocycles. The van der Waals surface area contributed by atoms with Crippen LogP contribution < -0.4 is 10.6 Å². The fourth-order valence-corrected chi connectivity index (χ4v) is 4.06. The number of nitro groups is 1. The van der Waals surface area contributed by atoms with Gasteiger partial charge in [-0.2, -0.15) is 0 Å². The van der Waals surface area contributed by atoms with Crippen molar-refractivity contribution in [3.63, 3.8) is 0 Å². The highest BCUT2D eigenvalue weighted by atomic mass is 32.2. The first-order valence-electron chi connectivity index (χ1n) is 10.7. The average Bonchev–Trinajstić information content (AvgIpc) is 3.16. The average molecular weight is 499 g/mol. The number of anilines is 1. The van der Waals surface area contributed by atoms with Gasteiger partial charge >= 0.3 is 5.69 Å². The molecule has 0 aliphatic rings. The van der Waals surface area contributed by atoms with E-state index in [-0.39, 0.29) is 23.3 Å². The molecule has 0 radical (unpaired) electrons. The zero-order valence-corrected chi connectivity index (χ0v) is 20.5. The number of thioether (sulfide) groups is 1. The summed E-state index contributed by atoms with van der Waals surface area (Å²) in [5, 5.41) is 35.0. The first-order chi connectivity index (χ1) is 16.6. The van der Waals surface area contributed by atoms with Crippen LogP contribution in [0.4, 0.5) is 11.4 Å². The van der Waals surface area contributed by atoms with Crippen molar-refractivity contribution < 1.29 is 19.6 Å². The molecular weight excluding hydrogens is 472 g/mol. The van der Waals surface area contributed by atoms with Crippen LogP contribution in [0.25, 0.3) is 0 Å². The molecule has 0 saturated heterocycles. The molecule has 0 bridgehead atoms. The quantitative estimate of drug-likeness (QED) is 0.175. The van der Waals surface area contributed by atoms with Crippen molar-refractivity contribution >= 4 is 35.0 Å². The molecule has 3 aromatic rings. The van der Waals surface area contributed by atoms with Gasteiger partial charge in [-0.3, -0.25) is 19.7 Å². The Morgan fingerprint density at radius 2 is 1.94 bits per heavy atom. The highest BCUT2D eigenvalue weighted by molar-refractivity contribution is 7.99. The molecule has 3 N–H and O–H groups in total. The fraction of sp³-hybridized carbons (Fsp3) is 0.304. The van der Waals surface area contributed by atoms with Crippen molar-refractivity contribution in [3.8, 4) is 5.75 Å². The van der Waals surface area contributed by atoms with Crippen molar-refractivity contribution in [2.24, 2.45) is 13.0 Å². The summed E-state index contributed by atoms with van der Waals surface area (Å²) in [5.41, 5.74) is 1.23. The predicted octanol–water partition coefficient (Wildman–Crippen LogP) is 3.60. The summed E-state index contributed by atoms with van der Waals surface area (Å²) < 4.78 is 1.73. The van der Waals surface area contributed by atoms with Gasteiger partial charge in [-0.1, -0.05) is 43.3 Å². The van der Waals surface area contributed by atoms with Crippen molar-refractivity contribution in [1.29, 1.82) is 0 Å². The van der Waals surface area contributed by atoms with Crippen LogP contribution in [0, 0.1) is 23.0 Å². The lowest BCUT2D eigenvalue weighted by atomic mass is 10.0. The minimum atomic E-state index is -0.732. The van der Waals surface area contributed by atoms with Crippen LogP contribution in [0.3, 0.4) is 0 Å². The number of benzene rings is 2. The van der Waals surface area contributed by atoms with Crippen molar-refractivity contribution in [3.05, 3.63) is 69.5 Å². The second-order valence-electron chi connectivity index (χ2n) is 8.26. The molecule has 184 valence electrons. The summed E-state index contributed by atoms with van der Waals surface area (Å²) in [7, 11) is 1.76. The normalized spacial score (nSPS) is 11.8. The number of aromatic hydroxyl groups is 1. The summed E-state index contributed by atoms with van der Waals surface area (Å²) in [6.45, 7) is 5.85. The molecule has 1 aromatic heterocycles. The van der Waals surface area contributed by atoms with E-state index in [2.05, 4.69) is 20.8 Å². The molecule has 0 aliphatic carbocycles. The smallest absolute Gasteiger partial charge is 0.312 e. The molecule has 3 rings (SSSR count). The molecule has 0 saturated carbocycles. The zero-order valence-electron chi connectivity index (χ0n) is 19.7. The predicted molar refractivity (Wildman–Crippen MR) is 131 cm³/mol. The van der Waals surface area contributed by atoms with Gasteiger partial charge in [0.15, 0.2) is 16.7 Å². The highest BCUT2D eigenvalue weighted by Gasteiger charge is 2.25. The maximum absolute atomic E-state index is 12.8. The van der Waals surface area contributed by atoms with Crippen molar-refractivity contribution in [2.45, 2.75) is 32.0 Å². The zero-order chi connectivity index (χ0) is 25.7. The summed E-state index contributed by atoms with van der Waals surface area (Å²) in [6.07, 6.45) is 0. The molecule has 0 fully saturated rings. The number of hydrogen-bond donors (Lipinski definition) is 3. The molecular formula is C23H26N6O5S. The van der Waals surface area contributed by atoms with E-state index in [0.29, 0.717) is 16.5 Å². The van der Waals surface area contributed by atoms with E-state index in [1.807, 2.05) is 39.0 Å².